The van der Waals surface area contributed by atoms with Gasteiger partial charge in [0.05, 0.1) is 0 Å². The molecular formula is C50H28F2. The number of fused-ring (bicyclic) bond motifs is 4. The molecule has 0 aliphatic rings. The normalized spacial score (nSPS) is 12.0. The first-order chi connectivity index (χ1) is 25.6. The van der Waals surface area contributed by atoms with Gasteiger partial charge in [-0.15, -0.1) is 0 Å². The molecule has 0 N–H and O–H groups in total. The van der Waals surface area contributed by atoms with Gasteiger partial charge in [0, 0.05) is 10.8 Å². The molecule has 0 heterocycles. The monoisotopic (exact) mass is 666 g/mol. The molecule has 0 bridgehead atoms. The maximum Gasteiger partial charge on any atom is 0.131 e. The highest BCUT2D eigenvalue weighted by Crippen LogP contribution is 2.47. The van der Waals surface area contributed by atoms with Crippen LogP contribution in [0.15, 0.2) is 170 Å². The minimum absolute atomic E-state index is 0.202. The maximum absolute atomic E-state index is 15.0. The second-order valence-electron chi connectivity index (χ2n) is 13.8. The predicted molar refractivity (Wildman–Crippen MR) is 216 cm³/mol. The highest BCUT2D eigenvalue weighted by Gasteiger charge is 2.20. The summed E-state index contributed by atoms with van der Waals surface area (Å²) >= 11 is 0. The van der Waals surface area contributed by atoms with Gasteiger partial charge in [0.1, 0.15) is 11.6 Å². The fourth-order valence-corrected chi connectivity index (χ4v) is 8.86. The molecule has 0 aliphatic heterocycles. The van der Waals surface area contributed by atoms with Crippen molar-refractivity contribution in [3.05, 3.63) is 181 Å². The van der Waals surface area contributed by atoms with Crippen LogP contribution in [0.4, 0.5) is 8.78 Å². The Balaban J connectivity index is 1.16. The molecule has 11 rings (SSSR count). The zero-order valence-corrected chi connectivity index (χ0v) is 27.9. The molecule has 2 heteroatoms. The number of hydrogen-bond acceptors (Lipinski definition) is 0. The van der Waals surface area contributed by atoms with Gasteiger partial charge in [-0.2, -0.15) is 0 Å². The summed E-state index contributed by atoms with van der Waals surface area (Å²) in [5, 5.41) is 14.9. The van der Waals surface area contributed by atoms with Crippen LogP contribution in [0.2, 0.25) is 0 Å². The van der Waals surface area contributed by atoms with E-state index in [1.165, 1.54) is 37.9 Å². The van der Waals surface area contributed by atoms with Crippen LogP contribution in [-0.2, 0) is 0 Å². The van der Waals surface area contributed by atoms with E-state index in [2.05, 4.69) is 97.1 Å². The van der Waals surface area contributed by atoms with Crippen molar-refractivity contribution >= 4 is 75.4 Å². The molecule has 0 saturated heterocycles. The van der Waals surface area contributed by atoms with E-state index in [0.717, 1.165) is 60.1 Å². The summed E-state index contributed by atoms with van der Waals surface area (Å²) in [6.07, 6.45) is 0. The molecule has 0 radical (unpaired) electrons. The van der Waals surface area contributed by atoms with Gasteiger partial charge in [-0.05, 0) is 134 Å². The lowest BCUT2D eigenvalue weighted by Gasteiger charge is -2.20. The van der Waals surface area contributed by atoms with Crippen LogP contribution in [0.5, 0.6) is 0 Å². The third kappa shape index (κ3) is 4.12. The first-order valence-corrected chi connectivity index (χ1v) is 17.6. The average molecular weight is 667 g/mol. The third-order valence-electron chi connectivity index (χ3n) is 11.1. The fourth-order valence-electron chi connectivity index (χ4n) is 8.86. The summed E-state index contributed by atoms with van der Waals surface area (Å²) in [7, 11) is 0. The van der Waals surface area contributed by atoms with E-state index in [0.29, 0.717) is 10.8 Å². The molecule has 0 nitrogen and oxygen atoms in total. The topological polar surface area (TPSA) is 0 Å². The summed E-state index contributed by atoms with van der Waals surface area (Å²) in [6.45, 7) is 0. The molecule has 242 valence electrons. The smallest absolute Gasteiger partial charge is 0.131 e. The van der Waals surface area contributed by atoms with Crippen LogP contribution >= 0.6 is 0 Å². The van der Waals surface area contributed by atoms with Crippen molar-refractivity contribution in [1.29, 1.82) is 0 Å². The molecule has 0 spiro atoms. The summed E-state index contributed by atoms with van der Waals surface area (Å²) in [5.74, 6) is -0.411. The van der Waals surface area contributed by atoms with Crippen LogP contribution in [0.3, 0.4) is 0 Å². The van der Waals surface area contributed by atoms with Crippen molar-refractivity contribution < 1.29 is 8.78 Å². The van der Waals surface area contributed by atoms with Gasteiger partial charge in [-0.25, -0.2) is 8.78 Å². The zero-order chi connectivity index (χ0) is 34.5. The quantitative estimate of drug-likeness (QED) is 0.130. The average Bonchev–Trinajstić information content (AvgIpc) is 3.19. The SMILES string of the molecule is Fc1ccc(-c2cc3ccc4cc(-c5c6ccccc6c(-c6ccc(F)c7ccccc67)c6ccccc56)cc5ccc(c2)c3c45)c2ccccc12. The van der Waals surface area contributed by atoms with Gasteiger partial charge in [0.15, 0.2) is 0 Å². The van der Waals surface area contributed by atoms with E-state index in [1.54, 1.807) is 12.1 Å². The number of benzene rings is 11. The van der Waals surface area contributed by atoms with Gasteiger partial charge >= 0.3 is 0 Å². The standard InChI is InChI=1S/C50H28F2/c51-45-23-21-35(36-9-1-3-11-38(36)45)33-25-29-17-19-31-27-34(28-32-20-18-30(26-33)47(29)48(31)32)49-40-13-5-7-15-42(40)50(43-16-8-6-14-41(43)49)44-22-24-46(52)39-12-4-2-10-37(39)44/h1-28H. The van der Waals surface area contributed by atoms with E-state index >= 15 is 4.39 Å². The molecule has 0 unspecified atom stereocenters. The largest absolute Gasteiger partial charge is 0.206 e. The minimum Gasteiger partial charge on any atom is -0.206 e. The summed E-state index contributed by atoms with van der Waals surface area (Å²) in [6, 6.07) is 57.8. The Morgan fingerprint density at radius 2 is 0.615 bits per heavy atom. The van der Waals surface area contributed by atoms with Crippen molar-refractivity contribution in [3.8, 4) is 33.4 Å². The lowest BCUT2D eigenvalue weighted by molar-refractivity contribution is 0.639. The highest BCUT2D eigenvalue weighted by molar-refractivity contribution is 6.27. The third-order valence-corrected chi connectivity index (χ3v) is 11.1. The van der Waals surface area contributed by atoms with E-state index in [1.807, 2.05) is 60.7 Å². The van der Waals surface area contributed by atoms with Gasteiger partial charge in [0.25, 0.3) is 0 Å². The minimum atomic E-state index is -0.210. The number of hydrogen-bond donors (Lipinski definition) is 0. The summed E-state index contributed by atoms with van der Waals surface area (Å²) in [5.41, 5.74) is 6.60. The summed E-state index contributed by atoms with van der Waals surface area (Å²) < 4.78 is 29.8. The molecule has 0 aliphatic carbocycles. The molecular weight excluding hydrogens is 639 g/mol. The maximum atomic E-state index is 15.0. The Kier molecular flexibility index (Phi) is 6.12. The number of halogens is 2. The van der Waals surface area contributed by atoms with Crippen LogP contribution in [0.1, 0.15) is 0 Å². The van der Waals surface area contributed by atoms with Crippen LogP contribution < -0.4 is 0 Å². The molecule has 0 atom stereocenters. The molecule has 11 aromatic rings. The lowest BCUT2D eigenvalue weighted by Crippen LogP contribution is -1.93. The first kappa shape index (κ1) is 29.1. The van der Waals surface area contributed by atoms with Gasteiger partial charge in [-0.3, -0.25) is 0 Å². The highest BCUT2D eigenvalue weighted by atomic mass is 19.1. The van der Waals surface area contributed by atoms with Crippen molar-refractivity contribution in [1.82, 2.24) is 0 Å². The summed E-state index contributed by atoms with van der Waals surface area (Å²) in [4.78, 5) is 0. The number of rotatable bonds is 3. The van der Waals surface area contributed by atoms with E-state index in [9.17, 15) is 4.39 Å². The van der Waals surface area contributed by atoms with Crippen LogP contribution in [0, 0.1) is 11.6 Å². The Bertz CT molecular complexity index is 3140. The molecule has 0 saturated carbocycles. The van der Waals surface area contributed by atoms with Crippen molar-refractivity contribution in [3.63, 3.8) is 0 Å². The second-order valence-corrected chi connectivity index (χ2v) is 13.8. The van der Waals surface area contributed by atoms with E-state index in [-0.39, 0.29) is 11.6 Å². The van der Waals surface area contributed by atoms with Gasteiger partial charge in [0.2, 0.25) is 0 Å². The van der Waals surface area contributed by atoms with E-state index in [4.69, 9.17) is 0 Å². The van der Waals surface area contributed by atoms with Crippen molar-refractivity contribution in [2.24, 2.45) is 0 Å². The van der Waals surface area contributed by atoms with E-state index < -0.39 is 0 Å². The Labute approximate surface area is 298 Å². The molecule has 0 fully saturated rings. The Hall–Kier alpha value is -6.64. The molecule has 0 aromatic heterocycles. The Morgan fingerprint density at radius 3 is 1.08 bits per heavy atom. The zero-order valence-electron chi connectivity index (χ0n) is 27.9. The molecule has 52 heavy (non-hydrogen) atoms. The van der Waals surface area contributed by atoms with Crippen LogP contribution in [-0.4, -0.2) is 0 Å². The fraction of sp³-hybridized carbons (Fsp3) is 0. The molecule has 0 amide bonds. The van der Waals surface area contributed by atoms with Gasteiger partial charge in [-0.1, -0.05) is 133 Å². The molecule has 11 aromatic carbocycles. The van der Waals surface area contributed by atoms with Crippen molar-refractivity contribution in [2.75, 3.05) is 0 Å². The lowest BCUT2D eigenvalue weighted by atomic mass is 9.83. The van der Waals surface area contributed by atoms with Crippen molar-refractivity contribution in [2.45, 2.75) is 0 Å². The Morgan fingerprint density at radius 1 is 0.269 bits per heavy atom. The predicted octanol–water partition coefficient (Wildman–Crippen LogP) is 14.5. The first-order valence-electron chi connectivity index (χ1n) is 17.6. The second kappa shape index (κ2) is 10.9. The van der Waals surface area contributed by atoms with Gasteiger partial charge < -0.3 is 0 Å². The van der Waals surface area contributed by atoms with Crippen LogP contribution in [0.25, 0.3) is 109 Å².